The molecule has 0 saturated heterocycles. The molecule has 0 aliphatic heterocycles. The number of nitrogens with zero attached hydrogens (tertiary/aromatic N) is 2. The van der Waals surface area contributed by atoms with Crippen LogP contribution in [0.15, 0.2) is 0 Å². The quantitative estimate of drug-likeness (QED) is 0.399. The van der Waals surface area contributed by atoms with Crippen LogP contribution in [0.5, 0.6) is 0 Å². The van der Waals surface area contributed by atoms with Crippen LogP contribution >= 0.6 is 0 Å². The third-order valence-corrected chi connectivity index (χ3v) is 2.33. The molecule has 0 amide bonds. The second kappa shape index (κ2) is 5.32. The molecule has 0 heterocycles. The van der Waals surface area contributed by atoms with Crippen molar-refractivity contribution in [1.82, 2.24) is 0 Å². The largest absolute Gasteiger partial charge is 0.308 e. The predicted molar refractivity (Wildman–Crippen MR) is 46.8 cm³/mol. The minimum Gasteiger partial charge on any atom is -0.308 e. The predicted octanol–water partition coefficient (Wildman–Crippen LogP) is 1.10. The van der Waals surface area contributed by atoms with Crippen molar-refractivity contribution >= 4 is 0 Å². The van der Waals surface area contributed by atoms with E-state index in [9.17, 15) is 20.2 Å². The van der Waals surface area contributed by atoms with Gasteiger partial charge in [0.1, 0.15) is 12.2 Å². The summed E-state index contributed by atoms with van der Waals surface area (Å²) in [6.07, 6.45) is 1.58. The lowest BCUT2D eigenvalue weighted by Gasteiger charge is -2.20. The fraction of sp³-hybridized carbons (Fsp3) is 1.00. The van der Waals surface area contributed by atoms with Crippen molar-refractivity contribution < 1.29 is 19.8 Å². The van der Waals surface area contributed by atoms with E-state index >= 15 is 0 Å². The summed E-state index contributed by atoms with van der Waals surface area (Å²) in [5.74, 6) is 0. The average Bonchev–Trinajstić information content (AvgIpc) is 2.30. The van der Waals surface area contributed by atoms with Crippen molar-refractivity contribution in [2.45, 2.75) is 44.3 Å². The van der Waals surface area contributed by atoms with Gasteiger partial charge in [0, 0.05) is 0 Å². The first-order valence-corrected chi connectivity index (χ1v) is 4.72. The van der Waals surface area contributed by atoms with Gasteiger partial charge >= 0.3 is 0 Å². The molecule has 1 rings (SSSR count). The fourth-order valence-electron chi connectivity index (χ4n) is 1.70. The Bertz CT molecular complexity index is 222. The molecule has 2 atom stereocenters. The molecule has 0 radical (unpaired) electrons. The molecule has 8 heteroatoms. The Balaban J connectivity index is 2.58. The van der Waals surface area contributed by atoms with Crippen LogP contribution < -0.4 is 0 Å². The molecule has 0 aromatic carbocycles. The van der Waals surface area contributed by atoms with E-state index in [4.69, 9.17) is 0 Å². The maximum Gasteiger partial charge on any atom is 0.294 e. The monoisotopic (exact) mass is 220 g/mol. The van der Waals surface area contributed by atoms with E-state index < -0.39 is 22.4 Å². The minimum absolute atomic E-state index is 0.416. The van der Waals surface area contributed by atoms with Gasteiger partial charge in [-0.15, -0.1) is 20.2 Å². The summed E-state index contributed by atoms with van der Waals surface area (Å²) >= 11 is 0. The van der Waals surface area contributed by atoms with Gasteiger partial charge in [-0.05, 0) is 12.8 Å². The number of rotatable bonds is 4. The van der Waals surface area contributed by atoms with Gasteiger partial charge in [-0.2, -0.15) is 0 Å². The third kappa shape index (κ3) is 3.96. The summed E-state index contributed by atoms with van der Waals surface area (Å²) in [5, 5.41) is 18.5. The second-order valence-corrected chi connectivity index (χ2v) is 3.37. The lowest BCUT2D eigenvalue weighted by Crippen LogP contribution is -2.34. The smallest absolute Gasteiger partial charge is 0.294 e. The van der Waals surface area contributed by atoms with Crippen molar-refractivity contribution in [2.24, 2.45) is 0 Å². The van der Waals surface area contributed by atoms with Crippen LogP contribution in [0.2, 0.25) is 0 Å². The van der Waals surface area contributed by atoms with Gasteiger partial charge < -0.3 is 9.68 Å². The topological polar surface area (TPSA) is 105 Å². The molecule has 0 unspecified atom stereocenters. The highest BCUT2D eigenvalue weighted by molar-refractivity contribution is 4.72. The van der Waals surface area contributed by atoms with Crippen LogP contribution in [0, 0.1) is 20.2 Å². The Morgan fingerprint density at radius 2 is 1.27 bits per heavy atom. The van der Waals surface area contributed by atoms with Crippen LogP contribution in [-0.2, 0) is 9.68 Å². The molecular weight excluding hydrogens is 208 g/mol. The van der Waals surface area contributed by atoms with Gasteiger partial charge in [0.2, 0.25) is 0 Å². The zero-order chi connectivity index (χ0) is 11.3. The Morgan fingerprint density at radius 3 is 1.60 bits per heavy atom. The number of hydrogen-bond donors (Lipinski definition) is 0. The van der Waals surface area contributed by atoms with E-state index in [0.717, 1.165) is 19.3 Å². The van der Waals surface area contributed by atoms with E-state index in [1.165, 1.54) is 0 Å². The van der Waals surface area contributed by atoms with Gasteiger partial charge in [-0.25, -0.2) is 0 Å². The molecule has 1 saturated carbocycles. The molecule has 0 aromatic heterocycles. The molecule has 8 nitrogen and oxygen atoms in total. The van der Waals surface area contributed by atoms with E-state index in [2.05, 4.69) is 9.68 Å². The zero-order valence-electron chi connectivity index (χ0n) is 8.03. The number of hydrogen-bond acceptors (Lipinski definition) is 6. The van der Waals surface area contributed by atoms with Crippen LogP contribution in [-0.4, -0.2) is 22.4 Å². The normalized spacial score (nSPS) is 26.4. The maximum atomic E-state index is 10.2. The molecule has 0 N–H and O–H groups in total. The average molecular weight is 220 g/mol. The zero-order valence-corrected chi connectivity index (χ0v) is 8.03. The second-order valence-electron chi connectivity index (χ2n) is 3.37. The molecule has 1 aliphatic rings. The first-order valence-electron chi connectivity index (χ1n) is 4.72. The van der Waals surface area contributed by atoms with Crippen LogP contribution in [0.3, 0.4) is 0 Å². The van der Waals surface area contributed by atoms with Crippen LogP contribution in [0.1, 0.15) is 32.1 Å². The third-order valence-electron chi connectivity index (χ3n) is 2.33. The fourth-order valence-corrected chi connectivity index (χ4v) is 1.70. The van der Waals surface area contributed by atoms with Gasteiger partial charge in [0.15, 0.2) is 0 Å². The summed E-state index contributed by atoms with van der Waals surface area (Å²) in [7, 11) is 0. The lowest BCUT2D eigenvalue weighted by molar-refractivity contribution is -0.799. The Kier molecular flexibility index (Phi) is 4.07. The molecule has 0 aromatic rings. The molecule has 0 spiro atoms. The standard InChI is InChI=1S/C7H12N2O6/c10-8(11)14-6-4-2-1-3-5-7(6)15-9(12)13/h6-7H,1-5H2/t6-,7-/m1/s1. The molecule has 1 aliphatic carbocycles. The van der Waals surface area contributed by atoms with E-state index in [0.29, 0.717) is 12.8 Å². The first-order chi connectivity index (χ1) is 7.09. The van der Waals surface area contributed by atoms with Crippen LogP contribution in [0.4, 0.5) is 0 Å². The van der Waals surface area contributed by atoms with Crippen molar-refractivity contribution in [1.29, 1.82) is 0 Å². The molecular formula is C7H12N2O6. The van der Waals surface area contributed by atoms with Gasteiger partial charge in [-0.3, -0.25) is 0 Å². The molecule has 15 heavy (non-hydrogen) atoms. The highest BCUT2D eigenvalue weighted by Gasteiger charge is 2.29. The van der Waals surface area contributed by atoms with Gasteiger partial charge in [0.05, 0.1) is 0 Å². The Morgan fingerprint density at radius 1 is 0.867 bits per heavy atom. The van der Waals surface area contributed by atoms with Gasteiger partial charge in [-0.1, -0.05) is 19.3 Å². The molecule has 0 bridgehead atoms. The summed E-state index contributed by atoms with van der Waals surface area (Å²) in [4.78, 5) is 29.1. The van der Waals surface area contributed by atoms with Crippen molar-refractivity contribution in [3.63, 3.8) is 0 Å². The first kappa shape index (κ1) is 11.5. The van der Waals surface area contributed by atoms with Gasteiger partial charge in [0.25, 0.3) is 10.2 Å². The summed E-state index contributed by atoms with van der Waals surface area (Å²) < 4.78 is 0. The van der Waals surface area contributed by atoms with Crippen molar-refractivity contribution in [2.75, 3.05) is 0 Å². The Labute approximate surface area is 85.4 Å². The van der Waals surface area contributed by atoms with E-state index in [1.54, 1.807) is 0 Å². The summed E-state index contributed by atoms with van der Waals surface area (Å²) in [6.45, 7) is 0. The molecule has 1 fully saturated rings. The Hall–Kier alpha value is -1.60. The SMILES string of the molecule is O=[N+]([O-])O[C@@H]1CCCCC[C@H]1O[N+](=O)[O-]. The van der Waals surface area contributed by atoms with E-state index in [1.807, 2.05) is 0 Å². The van der Waals surface area contributed by atoms with E-state index in [-0.39, 0.29) is 0 Å². The van der Waals surface area contributed by atoms with Crippen LogP contribution in [0.25, 0.3) is 0 Å². The van der Waals surface area contributed by atoms with Crippen molar-refractivity contribution in [3.05, 3.63) is 20.2 Å². The highest BCUT2D eigenvalue weighted by atomic mass is 17.0. The molecule has 86 valence electrons. The lowest BCUT2D eigenvalue weighted by atomic mass is 10.1. The minimum atomic E-state index is -0.924. The van der Waals surface area contributed by atoms with Crippen molar-refractivity contribution in [3.8, 4) is 0 Å². The maximum absolute atomic E-state index is 10.2. The summed E-state index contributed by atoms with van der Waals surface area (Å²) in [6, 6.07) is 0. The summed E-state index contributed by atoms with van der Waals surface area (Å²) in [5.41, 5.74) is 0. The highest BCUT2D eigenvalue weighted by Crippen LogP contribution is 2.23.